The lowest BCUT2D eigenvalue weighted by Gasteiger charge is -2.06. The van der Waals surface area contributed by atoms with Crippen molar-refractivity contribution in [2.75, 3.05) is 25.5 Å². The van der Waals surface area contributed by atoms with Gasteiger partial charge < -0.3 is 15.3 Å². The minimum Gasteiger partial charge on any atom is -0.497 e. The highest BCUT2D eigenvalue weighted by atomic mass is 16.5. The Labute approximate surface area is 109 Å². The molecule has 2 aromatic rings. The van der Waals surface area contributed by atoms with Gasteiger partial charge in [0, 0.05) is 5.56 Å². The van der Waals surface area contributed by atoms with E-state index in [1.54, 1.807) is 38.6 Å². The second kappa shape index (κ2) is 5.71. The number of anilines is 1. The van der Waals surface area contributed by atoms with Crippen LogP contribution in [0.1, 0.15) is 5.56 Å². The number of nitrogens with zero attached hydrogens (tertiary/aromatic N) is 4. The van der Waals surface area contributed by atoms with Crippen LogP contribution in [0.25, 0.3) is 0 Å². The van der Waals surface area contributed by atoms with E-state index in [-0.39, 0.29) is 0 Å². The molecule has 0 unspecified atom stereocenters. The van der Waals surface area contributed by atoms with E-state index in [0.717, 1.165) is 5.56 Å². The van der Waals surface area contributed by atoms with Gasteiger partial charge in [0.15, 0.2) is 0 Å². The van der Waals surface area contributed by atoms with Gasteiger partial charge in [0.2, 0.25) is 0 Å². The average Bonchev–Trinajstić information content (AvgIpc) is 2.84. The second-order valence-electron chi connectivity index (χ2n) is 3.54. The highest BCUT2D eigenvalue weighted by molar-refractivity contribution is 5.84. The number of hydrogen-bond donors (Lipinski definition) is 2. The summed E-state index contributed by atoms with van der Waals surface area (Å²) in [4.78, 5) is 0. The third kappa shape index (κ3) is 2.92. The van der Waals surface area contributed by atoms with Gasteiger partial charge in [0.25, 0.3) is 5.95 Å². The Morgan fingerprint density at radius 1 is 1.37 bits per heavy atom. The van der Waals surface area contributed by atoms with Crippen LogP contribution in [-0.2, 0) is 0 Å². The molecule has 8 nitrogen and oxygen atoms in total. The van der Waals surface area contributed by atoms with E-state index in [1.165, 1.54) is 11.0 Å². The molecular formula is C11H14N6O2. The zero-order chi connectivity index (χ0) is 13.7. The first-order valence-corrected chi connectivity index (χ1v) is 5.41. The smallest absolute Gasteiger partial charge is 0.263 e. The van der Waals surface area contributed by atoms with Gasteiger partial charge in [-0.05, 0) is 18.2 Å². The summed E-state index contributed by atoms with van der Waals surface area (Å²) in [5.74, 6) is 7.26. The molecule has 2 rings (SSSR count). The number of hydrogen-bond acceptors (Lipinski definition) is 7. The van der Waals surface area contributed by atoms with Gasteiger partial charge >= 0.3 is 0 Å². The van der Waals surface area contributed by atoms with E-state index < -0.39 is 0 Å². The van der Waals surface area contributed by atoms with E-state index >= 15 is 0 Å². The summed E-state index contributed by atoms with van der Waals surface area (Å²) in [5, 5.41) is 11.4. The Kier molecular flexibility index (Phi) is 3.81. The molecule has 0 saturated carbocycles. The minimum absolute atomic E-state index is 0.332. The van der Waals surface area contributed by atoms with Crippen LogP contribution in [0, 0.1) is 0 Å². The van der Waals surface area contributed by atoms with Gasteiger partial charge in [0.1, 0.15) is 17.8 Å². The predicted octanol–water partition coefficient (Wildman–Crippen LogP) is 0.455. The van der Waals surface area contributed by atoms with Crippen molar-refractivity contribution in [3.63, 3.8) is 0 Å². The fourth-order valence-corrected chi connectivity index (χ4v) is 1.42. The Bertz CT molecular complexity index is 580. The summed E-state index contributed by atoms with van der Waals surface area (Å²) in [7, 11) is 3.18. The molecule has 0 bridgehead atoms. The van der Waals surface area contributed by atoms with Crippen LogP contribution in [0.5, 0.6) is 11.5 Å². The van der Waals surface area contributed by atoms with Crippen LogP contribution in [-0.4, -0.2) is 35.3 Å². The van der Waals surface area contributed by atoms with Crippen molar-refractivity contribution in [2.24, 2.45) is 5.10 Å². The number of methoxy groups -OCH3 is 2. The molecule has 0 saturated heterocycles. The van der Waals surface area contributed by atoms with E-state index in [9.17, 15) is 0 Å². The SMILES string of the molecule is COc1ccc(OC)c(/C=N\Nc2nncn2N)c1. The lowest BCUT2D eigenvalue weighted by molar-refractivity contribution is 0.402. The molecule has 1 aromatic heterocycles. The zero-order valence-electron chi connectivity index (χ0n) is 10.6. The summed E-state index contributed by atoms with van der Waals surface area (Å²) < 4.78 is 11.6. The van der Waals surface area contributed by atoms with Gasteiger partial charge in [-0.2, -0.15) is 5.10 Å². The largest absolute Gasteiger partial charge is 0.497 e. The molecule has 1 aromatic carbocycles. The van der Waals surface area contributed by atoms with Crippen molar-refractivity contribution >= 4 is 12.2 Å². The molecule has 100 valence electrons. The topological polar surface area (TPSA) is 99.6 Å². The molecule has 0 spiro atoms. The summed E-state index contributed by atoms with van der Waals surface area (Å²) in [6.07, 6.45) is 2.94. The Hall–Kier alpha value is -2.77. The third-order valence-electron chi connectivity index (χ3n) is 2.38. The number of nitrogens with one attached hydrogen (secondary N) is 1. The number of rotatable bonds is 5. The third-order valence-corrected chi connectivity index (χ3v) is 2.38. The van der Waals surface area contributed by atoms with Crippen molar-refractivity contribution < 1.29 is 9.47 Å². The molecule has 0 aliphatic heterocycles. The highest BCUT2D eigenvalue weighted by Gasteiger charge is 2.03. The molecule has 0 radical (unpaired) electrons. The molecular weight excluding hydrogens is 248 g/mol. The number of hydrazone groups is 1. The Morgan fingerprint density at radius 3 is 2.84 bits per heavy atom. The van der Waals surface area contributed by atoms with Gasteiger partial charge in [-0.15, -0.1) is 10.2 Å². The van der Waals surface area contributed by atoms with E-state index in [0.29, 0.717) is 17.4 Å². The van der Waals surface area contributed by atoms with Crippen molar-refractivity contribution in [1.29, 1.82) is 0 Å². The van der Waals surface area contributed by atoms with Crippen molar-refractivity contribution in [2.45, 2.75) is 0 Å². The lowest BCUT2D eigenvalue weighted by atomic mass is 10.2. The monoisotopic (exact) mass is 262 g/mol. The molecule has 0 fully saturated rings. The summed E-state index contributed by atoms with van der Waals surface area (Å²) in [6, 6.07) is 5.41. The molecule has 8 heteroatoms. The molecule has 0 atom stereocenters. The number of benzene rings is 1. The number of nitrogen functional groups attached to an aromatic ring is 1. The number of ether oxygens (including phenoxy) is 2. The molecule has 0 amide bonds. The number of aromatic nitrogens is 3. The van der Waals surface area contributed by atoms with Crippen LogP contribution >= 0.6 is 0 Å². The van der Waals surface area contributed by atoms with Crippen molar-refractivity contribution in [3.05, 3.63) is 30.1 Å². The zero-order valence-corrected chi connectivity index (χ0v) is 10.6. The maximum Gasteiger partial charge on any atom is 0.263 e. The number of nitrogens with two attached hydrogens (primary N) is 1. The first-order chi connectivity index (χ1) is 9.24. The lowest BCUT2D eigenvalue weighted by Crippen LogP contribution is -2.10. The summed E-state index contributed by atoms with van der Waals surface area (Å²) in [5.41, 5.74) is 3.43. The normalized spacial score (nSPS) is 10.6. The predicted molar refractivity (Wildman–Crippen MR) is 70.9 cm³/mol. The van der Waals surface area contributed by atoms with Crippen LogP contribution in [0.2, 0.25) is 0 Å². The molecule has 19 heavy (non-hydrogen) atoms. The second-order valence-corrected chi connectivity index (χ2v) is 3.54. The fraction of sp³-hybridized carbons (Fsp3) is 0.182. The molecule has 3 N–H and O–H groups in total. The van der Waals surface area contributed by atoms with Crippen LogP contribution in [0.4, 0.5) is 5.95 Å². The van der Waals surface area contributed by atoms with E-state index in [2.05, 4.69) is 20.7 Å². The molecule has 0 aliphatic rings. The summed E-state index contributed by atoms with van der Waals surface area (Å²) in [6.45, 7) is 0. The van der Waals surface area contributed by atoms with E-state index in [4.69, 9.17) is 15.3 Å². The quantitative estimate of drug-likeness (QED) is 0.461. The van der Waals surface area contributed by atoms with Crippen LogP contribution < -0.4 is 20.7 Å². The summed E-state index contributed by atoms with van der Waals surface area (Å²) >= 11 is 0. The standard InChI is InChI=1S/C11H14N6O2/c1-18-9-3-4-10(19-2)8(5-9)6-13-15-11-16-14-7-17(11)12/h3-7H,12H2,1-2H3,(H,15,16)/b13-6-. The maximum absolute atomic E-state index is 5.53. The maximum atomic E-state index is 5.53. The fourth-order valence-electron chi connectivity index (χ4n) is 1.42. The van der Waals surface area contributed by atoms with Gasteiger partial charge in [0.05, 0.1) is 20.4 Å². The van der Waals surface area contributed by atoms with E-state index in [1.807, 2.05) is 0 Å². The first kappa shape index (κ1) is 12.7. The van der Waals surface area contributed by atoms with Crippen LogP contribution in [0.15, 0.2) is 29.6 Å². The molecule has 1 heterocycles. The molecule has 0 aliphatic carbocycles. The highest BCUT2D eigenvalue weighted by Crippen LogP contribution is 2.22. The van der Waals surface area contributed by atoms with Crippen molar-refractivity contribution in [1.82, 2.24) is 14.9 Å². The van der Waals surface area contributed by atoms with Crippen LogP contribution in [0.3, 0.4) is 0 Å². The first-order valence-electron chi connectivity index (χ1n) is 5.41. The van der Waals surface area contributed by atoms with Gasteiger partial charge in [-0.25, -0.2) is 10.1 Å². The van der Waals surface area contributed by atoms with Gasteiger partial charge in [-0.3, -0.25) is 0 Å². The average molecular weight is 262 g/mol. The Balaban J connectivity index is 2.15. The Morgan fingerprint density at radius 2 is 2.21 bits per heavy atom. The minimum atomic E-state index is 0.332. The van der Waals surface area contributed by atoms with Crippen molar-refractivity contribution in [3.8, 4) is 11.5 Å². The van der Waals surface area contributed by atoms with Gasteiger partial charge in [-0.1, -0.05) is 0 Å².